The first-order valence-electron chi connectivity index (χ1n) is 9.57. The lowest BCUT2D eigenvalue weighted by Crippen LogP contribution is -2.61. The summed E-state index contributed by atoms with van der Waals surface area (Å²) in [6, 6.07) is 6.37. The van der Waals surface area contributed by atoms with Crippen molar-refractivity contribution in [3.8, 4) is 0 Å². The van der Waals surface area contributed by atoms with Crippen LogP contribution in [0.4, 0.5) is 0 Å². The van der Waals surface area contributed by atoms with E-state index in [0.717, 1.165) is 22.8 Å². The molecule has 4 rings (SSSR count). The Labute approximate surface area is 167 Å². The predicted molar refractivity (Wildman–Crippen MR) is 110 cm³/mol. The van der Waals surface area contributed by atoms with Gasteiger partial charge in [-0.3, -0.25) is 9.59 Å². The van der Waals surface area contributed by atoms with E-state index in [0.29, 0.717) is 19.6 Å². The average molecular weight is 430 g/mol. The van der Waals surface area contributed by atoms with Crippen molar-refractivity contribution in [3.05, 3.63) is 46.6 Å². The van der Waals surface area contributed by atoms with Gasteiger partial charge in [0.1, 0.15) is 6.54 Å². The van der Waals surface area contributed by atoms with E-state index in [1.54, 1.807) is 4.90 Å². The van der Waals surface area contributed by atoms with Gasteiger partial charge in [0.25, 0.3) is 0 Å². The van der Waals surface area contributed by atoms with Crippen molar-refractivity contribution >= 4 is 38.6 Å². The highest BCUT2D eigenvalue weighted by Gasteiger charge is 2.30. The van der Waals surface area contributed by atoms with Gasteiger partial charge in [-0.05, 0) is 55.5 Å². The maximum absolute atomic E-state index is 12.7. The van der Waals surface area contributed by atoms with Gasteiger partial charge in [-0.15, -0.1) is 0 Å². The van der Waals surface area contributed by atoms with Gasteiger partial charge in [0.15, 0.2) is 0 Å². The fraction of sp³-hybridized carbons (Fsp3) is 0.429. The first-order valence-corrected chi connectivity index (χ1v) is 10.4. The normalized spacial score (nSPS) is 17.1. The molecule has 1 aliphatic carbocycles. The molecule has 0 unspecified atom stereocenters. The molecule has 1 saturated heterocycles. The highest BCUT2D eigenvalue weighted by molar-refractivity contribution is 9.10. The number of hydrogen-bond donors (Lipinski definition) is 1. The minimum Gasteiger partial charge on any atom is -0.348 e. The van der Waals surface area contributed by atoms with Crippen molar-refractivity contribution in [1.82, 2.24) is 14.8 Å². The minimum atomic E-state index is -0.0761. The highest BCUT2D eigenvalue weighted by atomic mass is 79.9. The number of aromatic nitrogens is 1. The molecule has 2 aromatic rings. The second kappa shape index (κ2) is 7.50. The predicted octanol–water partition coefficient (Wildman–Crippen LogP) is 3.19. The van der Waals surface area contributed by atoms with Gasteiger partial charge in [-0.2, -0.15) is 0 Å². The molecule has 1 aliphatic heterocycles. The number of likely N-dealkylation sites (tertiary alicyclic amines) is 1. The van der Waals surface area contributed by atoms with Crippen molar-refractivity contribution in [3.63, 3.8) is 0 Å². The Balaban J connectivity index is 1.53. The standard InChI is InChI=1S/C21H24BrN3O2/c1-2-21(27)24-11-15(12-24)23-20(26)13-25-18-7-5-3-4-6-16(18)17-10-14(22)8-9-19(17)25/h2,8-10,15H,1,3-7,11-13H2,(H,23,26). The van der Waals surface area contributed by atoms with E-state index >= 15 is 0 Å². The van der Waals surface area contributed by atoms with E-state index in [-0.39, 0.29) is 17.9 Å². The van der Waals surface area contributed by atoms with Crippen molar-refractivity contribution in [2.24, 2.45) is 0 Å². The summed E-state index contributed by atoms with van der Waals surface area (Å²) >= 11 is 3.59. The number of fused-ring (bicyclic) bond motifs is 3. The molecule has 2 aliphatic rings. The Morgan fingerprint density at radius 3 is 2.78 bits per heavy atom. The third-order valence-electron chi connectivity index (χ3n) is 5.62. The first-order chi connectivity index (χ1) is 13.1. The van der Waals surface area contributed by atoms with Crippen LogP contribution in [0, 0.1) is 0 Å². The molecule has 1 aromatic carbocycles. The molecule has 6 heteroatoms. The average Bonchev–Trinajstić information content (AvgIpc) is 2.78. The third kappa shape index (κ3) is 3.55. The molecule has 0 spiro atoms. The molecule has 0 radical (unpaired) electrons. The number of halogens is 1. The number of rotatable bonds is 4. The molecule has 1 aromatic heterocycles. The molecule has 1 fully saturated rings. The van der Waals surface area contributed by atoms with E-state index in [9.17, 15) is 9.59 Å². The largest absolute Gasteiger partial charge is 0.348 e. The zero-order valence-corrected chi connectivity index (χ0v) is 16.9. The molecule has 0 atom stereocenters. The second-order valence-electron chi connectivity index (χ2n) is 7.45. The quantitative estimate of drug-likeness (QED) is 0.599. The molecule has 142 valence electrons. The Morgan fingerprint density at radius 1 is 1.22 bits per heavy atom. The molecule has 5 nitrogen and oxygen atoms in total. The molecule has 1 N–H and O–H groups in total. The number of nitrogens with zero attached hydrogens (tertiary/aromatic N) is 2. The number of hydrogen-bond acceptors (Lipinski definition) is 2. The number of aryl methyl sites for hydroxylation is 1. The lowest BCUT2D eigenvalue weighted by molar-refractivity contribution is -0.133. The van der Waals surface area contributed by atoms with E-state index in [4.69, 9.17) is 0 Å². The topological polar surface area (TPSA) is 54.3 Å². The molecule has 2 amide bonds. The van der Waals surface area contributed by atoms with E-state index in [1.165, 1.54) is 42.0 Å². The van der Waals surface area contributed by atoms with Crippen molar-refractivity contribution in [1.29, 1.82) is 0 Å². The Hall–Kier alpha value is -2.08. The van der Waals surface area contributed by atoms with Crippen LogP contribution in [0.5, 0.6) is 0 Å². The van der Waals surface area contributed by atoms with Crippen LogP contribution < -0.4 is 5.32 Å². The van der Waals surface area contributed by atoms with Crippen molar-refractivity contribution in [2.75, 3.05) is 13.1 Å². The molecular formula is C21H24BrN3O2. The van der Waals surface area contributed by atoms with Gasteiger partial charge in [-0.25, -0.2) is 0 Å². The summed E-state index contributed by atoms with van der Waals surface area (Å²) in [5.74, 6) is -0.0645. The zero-order valence-electron chi connectivity index (χ0n) is 15.3. The SMILES string of the molecule is C=CC(=O)N1CC(NC(=O)Cn2c3c(c4cc(Br)ccc42)CCCCC3)C1. The molecular weight excluding hydrogens is 406 g/mol. The van der Waals surface area contributed by atoms with E-state index < -0.39 is 0 Å². The fourth-order valence-electron chi connectivity index (χ4n) is 4.26. The summed E-state index contributed by atoms with van der Waals surface area (Å²) in [4.78, 5) is 25.9. The number of nitrogens with one attached hydrogen (secondary N) is 1. The smallest absolute Gasteiger partial charge is 0.246 e. The van der Waals surface area contributed by atoms with Gasteiger partial charge >= 0.3 is 0 Å². The van der Waals surface area contributed by atoms with Crippen LogP contribution in [0.15, 0.2) is 35.3 Å². The van der Waals surface area contributed by atoms with Gasteiger partial charge in [0.2, 0.25) is 11.8 Å². The summed E-state index contributed by atoms with van der Waals surface area (Å²) in [5, 5.41) is 4.33. The number of benzene rings is 1. The minimum absolute atomic E-state index is 0.0116. The monoisotopic (exact) mass is 429 g/mol. The Bertz CT molecular complexity index is 912. The number of carbonyl (C=O) groups is 2. The van der Waals surface area contributed by atoms with E-state index in [1.807, 2.05) is 6.07 Å². The second-order valence-corrected chi connectivity index (χ2v) is 8.36. The van der Waals surface area contributed by atoms with Crippen LogP contribution in [-0.4, -0.2) is 40.4 Å². The maximum atomic E-state index is 12.7. The third-order valence-corrected chi connectivity index (χ3v) is 6.12. The first kappa shape index (κ1) is 18.3. The van der Waals surface area contributed by atoms with Crippen LogP contribution in [-0.2, 0) is 29.0 Å². The maximum Gasteiger partial charge on any atom is 0.246 e. The Morgan fingerprint density at radius 2 is 2.00 bits per heavy atom. The van der Waals surface area contributed by atoms with Crippen LogP contribution in [0.3, 0.4) is 0 Å². The molecule has 0 saturated carbocycles. The summed E-state index contributed by atoms with van der Waals surface area (Å²) in [5.41, 5.74) is 3.85. The van der Waals surface area contributed by atoms with Crippen LogP contribution in [0.1, 0.15) is 30.5 Å². The van der Waals surface area contributed by atoms with Gasteiger partial charge < -0.3 is 14.8 Å². The lowest BCUT2D eigenvalue weighted by Gasteiger charge is -2.39. The summed E-state index contributed by atoms with van der Waals surface area (Å²) < 4.78 is 3.27. The summed E-state index contributed by atoms with van der Waals surface area (Å²) in [7, 11) is 0. The van der Waals surface area contributed by atoms with Gasteiger partial charge in [-0.1, -0.05) is 28.9 Å². The molecule has 0 bridgehead atoms. The zero-order chi connectivity index (χ0) is 19.0. The molecule has 27 heavy (non-hydrogen) atoms. The van der Waals surface area contributed by atoms with Crippen molar-refractivity contribution < 1.29 is 9.59 Å². The Kier molecular flexibility index (Phi) is 5.08. The van der Waals surface area contributed by atoms with Crippen molar-refractivity contribution in [2.45, 2.75) is 44.7 Å². The highest BCUT2D eigenvalue weighted by Crippen LogP contribution is 2.33. The van der Waals surface area contributed by atoms with Crippen LogP contribution in [0.25, 0.3) is 10.9 Å². The van der Waals surface area contributed by atoms with Crippen LogP contribution in [0.2, 0.25) is 0 Å². The van der Waals surface area contributed by atoms with E-state index in [2.05, 4.69) is 44.5 Å². The number of carbonyl (C=O) groups excluding carboxylic acids is 2. The number of amides is 2. The summed E-state index contributed by atoms with van der Waals surface area (Å²) in [6.07, 6.45) is 7.05. The van der Waals surface area contributed by atoms with Gasteiger partial charge in [0, 0.05) is 34.2 Å². The molecule has 2 heterocycles. The lowest BCUT2D eigenvalue weighted by atomic mass is 10.1. The van der Waals surface area contributed by atoms with Gasteiger partial charge in [0.05, 0.1) is 6.04 Å². The van der Waals surface area contributed by atoms with Crippen LogP contribution >= 0.6 is 15.9 Å². The summed E-state index contributed by atoms with van der Waals surface area (Å²) in [6.45, 7) is 4.96. The fourth-order valence-corrected chi connectivity index (χ4v) is 4.62.